The van der Waals surface area contributed by atoms with Gasteiger partial charge in [0.1, 0.15) is 0 Å². The van der Waals surface area contributed by atoms with Crippen LogP contribution in [0.4, 0.5) is 0 Å². The van der Waals surface area contributed by atoms with Gasteiger partial charge in [0.2, 0.25) is 11.8 Å². The van der Waals surface area contributed by atoms with Crippen molar-refractivity contribution in [1.82, 2.24) is 5.43 Å². The molecule has 0 amide bonds. The summed E-state index contributed by atoms with van der Waals surface area (Å²) in [7, 11) is 3.18. The highest BCUT2D eigenvalue weighted by atomic mass is 16.5. The van der Waals surface area contributed by atoms with E-state index in [1.165, 1.54) is 0 Å². The smallest absolute Gasteiger partial charge is 0.238 e. The van der Waals surface area contributed by atoms with Crippen LogP contribution in [0, 0.1) is 0 Å². The summed E-state index contributed by atoms with van der Waals surface area (Å²) in [6, 6.07) is 7.84. The van der Waals surface area contributed by atoms with E-state index in [4.69, 9.17) is 9.47 Å². The van der Waals surface area contributed by atoms with Crippen molar-refractivity contribution < 1.29 is 9.47 Å². The average Bonchev–Trinajstić information content (AvgIpc) is 2.47. The van der Waals surface area contributed by atoms with Crippen LogP contribution in [-0.4, -0.2) is 20.1 Å². The van der Waals surface area contributed by atoms with Gasteiger partial charge in [-0.1, -0.05) is 18.2 Å². The molecule has 0 atom stereocenters. The van der Waals surface area contributed by atoms with E-state index in [9.17, 15) is 0 Å². The number of fused-ring (bicyclic) bond motifs is 1. The lowest BCUT2D eigenvalue weighted by atomic mass is 10.1. The van der Waals surface area contributed by atoms with Crippen LogP contribution in [0.25, 0.3) is 6.08 Å². The number of hydrogen-bond donors (Lipinski definition) is 1. The number of rotatable bonds is 1. The largest absolute Gasteiger partial charge is 0.481 e. The maximum Gasteiger partial charge on any atom is 0.238 e. The van der Waals surface area contributed by atoms with Crippen molar-refractivity contribution >= 4 is 12.0 Å². The van der Waals surface area contributed by atoms with E-state index in [1.807, 2.05) is 30.3 Å². The summed E-state index contributed by atoms with van der Waals surface area (Å²) in [5.74, 6) is 1.14. The standard InChI is InChI=1S/C11H12N2O2/c1-14-10-7-8-5-3-4-6-9(8)11(15-2)13-12-10/h3-7,12H,1-2H3. The van der Waals surface area contributed by atoms with E-state index in [1.54, 1.807) is 14.2 Å². The summed E-state index contributed by atoms with van der Waals surface area (Å²) in [6.45, 7) is 0. The molecule has 0 fully saturated rings. The van der Waals surface area contributed by atoms with Gasteiger partial charge in [-0.3, -0.25) is 0 Å². The molecule has 0 unspecified atom stereocenters. The van der Waals surface area contributed by atoms with Gasteiger partial charge >= 0.3 is 0 Å². The highest BCUT2D eigenvalue weighted by Crippen LogP contribution is 2.16. The topological polar surface area (TPSA) is 42.9 Å². The molecule has 0 saturated carbocycles. The molecule has 1 aliphatic heterocycles. The molecule has 15 heavy (non-hydrogen) atoms. The molecule has 0 radical (unpaired) electrons. The van der Waals surface area contributed by atoms with Gasteiger partial charge < -0.3 is 9.47 Å². The Hall–Kier alpha value is -1.97. The van der Waals surface area contributed by atoms with Crippen LogP contribution in [0.15, 0.2) is 35.2 Å². The third-order valence-corrected chi connectivity index (χ3v) is 2.16. The molecule has 1 aliphatic rings. The fourth-order valence-corrected chi connectivity index (χ4v) is 1.42. The van der Waals surface area contributed by atoms with E-state index < -0.39 is 0 Å². The average molecular weight is 204 g/mol. The minimum Gasteiger partial charge on any atom is -0.481 e. The first-order valence-corrected chi connectivity index (χ1v) is 4.58. The number of nitrogens with one attached hydrogen (secondary N) is 1. The summed E-state index contributed by atoms with van der Waals surface area (Å²) < 4.78 is 10.3. The second-order valence-corrected chi connectivity index (χ2v) is 3.03. The van der Waals surface area contributed by atoms with Crippen LogP contribution in [0.3, 0.4) is 0 Å². The Morgan fingerprint density at radius 1 is 1.13 bits per heavy atom. The van der Waals surface area contributed by atoms with Gasteiger partial charge in [0.05, 0.1) is 14.2 Å². The first-order valence-electron chi connectivity index (χ1n) is 4.58. The Bertz CT molecular complexity index is 424. The predicted octanol–water partition coefficient (Wildman–Crippen LogP) is 1.54. The molecule has 1 heterocycles. The Morgan fingerprint density at radius 3 is 2.67 bits per heavy atom. The first kappa shape index (κ1) is 9.58. The minimum atomic E-state index is 0.550. The lowest BCUT2D eigenvalue weighted by molar-refractivity contribution is 0.266. The second kappa shape index (κ2) is 4.04. The lowest BCUT2D eigenvalue weighted by Crippen LogP contribution is -2.11. The second-order valence-electron chi connectivity index (χ2n) is 3.03. The van der Waals surface area contributed by atoms with Crippen molar-refractivity contribution in [3.8, 4) is 0 Å². The van der Waals surface area contributed by atoms with Crippen molar-refractivity contribution in [3.63, 3.8) is 0 Å². The summed E-state index contributed by atoms with van der Waals surface area (Å²) in [5.41, 5.74) is 4.74. The Labute approximate surface area is 88.2 Å². The Morgan fingerprint density at radius 2 is 1.93 bits per heavy atom. The summed E-state index contributed by atoms with van der Waals surface area (Å²) in [5, 5.41) is 4.09. The van der Waals surface area contributed by atoms with Crippen molar-refractivity contribution in [2.24, 2.45) is 5.10 Å². The highest BCUT2D eigenvalue weighted by molar-refractivity contribution is 5.98. The SMILES string of the molecule is COC1=Cc2ccccc2C(OC)=NN1. The van der Waals surface area contributed by atoms with Gasteiger partial charge in [0.15, 0.2) is 0 Å². The number of hydrogen-bond acceptors (Lipinski definition) is 4. The van der Waals surface area contributed by atoms with E-state index >= 15 is 0 Å². The zero-order chi connectivity index (χ0) is 10.7. The zero-order valence-electron chi connectivity index (χ0n) is 8.65. The van der Waals surface area contributed by atoms with Crippen LogP contribution in [0.5, 0.6) is 0 Å². The summed E-state index contributed by atoms with van der Waals surface area (Å²) in [4.78, 5) is 0. The van der Waals surface area contributed by atoms with E-state index in [-0.39, 0.29) is 0 Å². The molecule has 1 N–H and O–H groups in total. The van der Waals surface area contributed by atoms with Gasteiger partial charge in [-0.25, -0.2) is 5.43 Å². The Kier molecular flexibility index (Phi) is 2.58. The first-order chi connectivity index (χ1) is 7.35. The lowest BCUT2D eigenvalue weighted by Gasteiger charge is -2.04. The molecule has 0 bridgehead atoms. The van der Waals surface area contributed by atoms with E-state index in [0.717, 1.165) is 11.1 Å². The molecule has 78 valence electrons. The summed E-state index contributed by atoms with van der Waals surface area (Å²) in [6.07, 6.45) is 1.88. The molecule has 0 spiro atoms. The number of hydrazone groups is 1. The van der Waals surface area contributed by atoms with Crippen LogP contribution >= 0.6 is 0 Å². The quantitative estimate of drug-likeness (QED) is 0.754. The fourth-order valence-electron chi connectivity index (χ4n) is 1.42. The number of ether oxygens (including phenoxy) is 2. The highest BCUT2D eigenvalue weighted by Gasteiger charge is 2.12. The van der Waals surface area contributed by atoms with E-state index in [2.05, 4.69) is 10.5 Å². The van der Waals surface area contributed by atoms with Crippen LogP contribution in [0.2, 0.25) is 0 Å². The molecule has 0 aromatic heterocycles. The van der Waals surface area contributed by atoms with Gasteiger partial charge in [-0.05, 0) is 11.6 Å². The normalized spacial score (nSPS) is 14.0. The van der Waals surface area contributed by atoms with Crippen molar-refractivity contribution in [1.29, 1.82) is 0 Å². The molecule has 0 aliphatic carbocycles. The van der Waals surface area contributed by atoms with Crippen LogP contribution < -0.4 is 5.43 Å². The predicted molar refractivity (Wildman–Crippen MR) is 58.1 cm³/mol. The maximum absolute atomic E-state index is 5.19. The monoisotopic (exact) mass is 204 g/mol. The Balaban J connectivity index is 2.53. The number of benzene rings is 1. The van der Waals surface area contributed by atoms with E-state index in [0.29, 0.717) is 11.8 Å². The van der Waals surface area contributed by atoms with Crippen molar-refractivity contribution in [3.05, 3.63) is 41.3 Å². The van der Waals surface area contributed by atoms with Gasteiger partial charge in [0.25, 0.3) is 0 Å². The number of nitrogens with zero attached hydrogens (tertiary/aromatic N) is 1. The van der Waals surface area contributed by atoms with Gasteiger partial charge in [-0.15, -0.1) is 5.10 Å². The minimum absolute atomic E-state index is 0.550. The molecule has 1 aromatic carbocycles. The molecule has 4 heteroatoms. The van der Waals surface area contributed by atoms with Gasteiger partial charge in [-0.2, -0.15) is 0 Å². The molecule has 1 aromatic rings. The van der Waals surface area contributed by atoms with Crippen molar-refractivity contribution in [2.45, 2.75) is 0 Å². The maximum atomic E-state index is 5.19. The van der Waals surface area contributed by atoms with Gasteiger partial charge in [0, 0.05) is 11.6 Å². The summed E-state index contributed by atoms with van der Waals surface area (Å²) >= 11 is 0. The molecule has 2 rings (SSSR count). The fraction of sp³-hybridized carbons (Fsp3) is 0.182. The van der Waals surface area contributed by atoms with Crippen LogP contribution in [0.1, 0.15) is 11.1 Å². The number of methoxy groups -OCH3 is 2. The molecular formula is C11H12N2O2. The molecular weight excluding hydrogens is 192 g/mol. The third kappa shape index (κ3) is 1.79. The van der Waals surface area contributed by atoms with Crippen LogP contribution in [-0.2, 0) is 9.47 Å². The zero-order valence-corrected chi connectivity index (χ0v) is 8.65. The molecule has 4 nitrogen and oxygen atoms in total. The molecule has 0 saturated heterocycles. The third-order valence-electron chi connectivity index (χ3n) is 2.16. The van der Waals surface area contributed by atoms with Crippen molar-refractivity contribution in [2.75, 3.05) is 14.2 Å².